The zero-order valence-corrected chi connectivity index (χ0v) is 18.0. The van der Waals surface area contributed by atoms with Gasteiger partial charge in [-0.2, -0.15) is 0 Å². The summed E-state index contributed by atoms with van der Waals surface area (Å²) in [6.07, 6.45) is 2.88. The van der Waals surface area contributed by atoms with E-state index in [4.69, 9.17) is 19.9 Å². The van der Waals surface area contributed by atoms with Crippen LogP contribution in [0.4, 0.5) is 0 Å². The van der Waals surface area contributed by atoms with Gasteiger partial charge in [0, 0.05) is 16.5 Å². The highest BCUT2D eigenvalue weighted by Gasteiger charge is 2.19. The van der Waals surface area contributed by atoms with Gasteiger partial charge in [-0.15, -0.1) is 0 Å². The second-order valence-corrected chi connectivity index (χ2v) is 7.39. The molecule has 0 aliphatic carbocycles. The van der Waals surface area contributed by atoms with Crippen molar-refractivity contribution in [3.63, 3.8) is 0 Å². The summed E-state index contributed by atoms with van der Waals surface area (Å²) in [6.45, 7) is 0.683. The molecule has 0 atom stereocenters. The smallest absolute Gasteiger partial charge is 0.170 e. The number of methoxy groups -OCH3 is 2. The lowest BCUT2D eigenvalue weighted by molar-refractivity contribution is 0.356. The van der Waals surface area contributed by atoms with E-state index < -0.39 is 0 Å². The highest BCUT2D eigenvalue weighted by atomic mass is 16.5. The molecule has 0 spiro atoms. The molecule has 0 bridgehead atoms. The van der Waals surface area contributed by atoms with E-state index in [-0.39, 0.29) is 0 Å². The van der Waals surface area contributed by atoms with E-state index in [0.717, 1.165) is 58.7 Å². The minimum atomic E-state index is 0.683. The maximum atomic E-state index is 6.08. The van der Waals surface area contributed by atoms with Crippen LogP contribution in [-0.2, 0) is 6.42 Å². The van der Waals surface area contributed by atoms with Crippen LogP contribution in [-0.4, -0.2) is 25.7 Å². The van der Waals surface area contributed by atoms with Gasteiger partial charge >= 0.3 is 0 Å². The first kappa shape index (κ1) is 20.8. The molecule has 0 aliphatic rings. The first-order valence-electron chi connectivity index (χ1n) is 10.5. The number of ether oxygens (including phenoxy) is 3. The molecule has 0 saturated carbocycles. The third-order valence-corrected chi connectivity index (χ3v) is 5.41. The second kappa shape index (κ2) is 9.58. The molecule has 0 unspecified atom stereocenters. The van der Waals surface area contributed by atoms with E-state index in [1.165, 1.54) is 5.56 Å². The fraction of sp³-hybridized carbons (Fsp3) is 0.231. The normalized spacial score (nSPS) is 10.9. The van der Waals surface area contributed by atoms with Crippen LogP contribution in [0.15, 0.2) is 66.7 Å². The van der Waals surface area contributed by atoms with E-state index in [1.807, 2.05) is 48.5 Å². The van der Waals surface area contributed by atoms with Crippen molar-refractivity contribution in [2.24, 2.45) is 5.73 Å². The van der Waals surface area contributed by atoms with Gasteiger partial charge in [0.2, 0.25) is 0 Å². The lowest BCUT2D eigenvalue weighted by Gasteiger charge is -2.13. The number of aromatic nitrogens is 1. The number of aromatic amines is 1. The molecule has 4 rings (SSSR count). The first-order chi connectivity index (χ1) is 15.2. The maximum absolute atomic E-state index is 6.08. The molecule has 5 nitrogen and oxygen atoms in total. The number of nitrogens with one attached hydrogen (secondary N) is 1. The third kappa shape index (κ3) is 4.37. The molecule has 31 heavy (non-hydrogen) atoms. The molecule has 3 aromatic carbocycles. The lowest BCUT2D eigenvalue weighted by atomic mass is 9.99. The number of para-hydroxylation sites is 2. The Morgan fingerprint density at radius 2 is 1.68 bits per heavy atom. The van der Waals surface area contributed by atoms with Crippen LogP contribution in [0.2, 0.25) is 0 Å². The van der Waals surface area contributed by atoms with Crippen molar-refractivity contribution in [1.82, 2.24) is 4.98 Å². The number of hydrogen-bond donors (Lipinski definition) is 2. The molecule has 0 saturated heterocycles. The number of fused-ring (bicyclic) bond motifs is 1. The van der Waals surface area contributed by atoms with Crippen LogP contribution in [0, 0.1) is 0 Å². The molecule has 5 heteroatoms. The van der Waals surface area contributed by atoms with Crippen LogP contribution >= 0.6 is 0 Å². The first-order valence-corrected chi connectivity index (χ1v) is 10.5. The minimum absolute atomic E-state index is 0.683. The topological polar surface area (TPSA) is 69.5 Å². The van der Waals surface area contributed by atoms with Gasteiger partial charge in [0.15, 0.2) is 11.5 Å². The maximum Gasteiger partial charge on any atom is 0.170 e. The highest BCUT2D eigenvalue weighted by Crippen LogP contribution is 2.42. The summed E-state index contributed by atoms with van der Waals surface area (Å²) in [7, 11) is 3.33. The Balaban J connectivity index is 1.82. The summed E-state index contributed by atoms with van der Waals surface area (Å²) in [5.74, 6) is 3.05. The van der Waals surface area contributed by atoms with Gasteiger partial charge in [0.05, 0.1) is 19.9 Å². The summed E-state index contributed by atoms with van der Waals surface area (Å²) in [4.78, 5) is 3.60. The fourth-order valence-electron chi connectivity index (χ4n) is 3.93. The van der Waals surface area contributed by atoms with Crippen molar-refractivity contribution >= 4 is 10.9 Å². The van der Waals surface area contributed by atoms with Gasteiger partial charge < -0.3 is 24.9 Å². The molecule has 3 N–H and O–H groups in total. The molecule has 0 fully saturated rings. The van der Waals surface area contributed by atoms with E-state index in [9.17, 15) is 0 Å². The van der Waals surface area contributed by atoms with Gasteiger partial charge in [-0.3, -0.25) is 0 Å². The van der Waals surface area contributed by atoms with Crippen LogP contribution in [0.25, 0.3) is 22.2 Å². The predicted molar refractivity (Wildman–Crippen MR) is 125 cm³/mol. The van der Waals surface area contributed by atoms with E-state index in [0.29, 0.717) is 12.3 Å². The Kier molecular flexibility index (Phi) is 6.43. The molecule has 0 aliphatic heterocycles. The highest BCUT2D eigenvalue weighted by molar-refractivity contribution is 5.93. The lowest BCUT2D eigenvalue weighted by Crippen LogP contribution is -2.00. The van der Waals surface area contributed by atoms with E-state index in [1.54, 1.807) is 14.2 Å². The number of H-pyrrole nitrogens is 1. The Hall–Kier alpha value is -3.44. The zero-order chi connectivity index (χ0) is 21.6. The predicted octanol–water partition coefficient (Wildman–Crippen LogP) is 5.93. The standard InChI is InChI=1S/C26H28N2O3/c1-29-24-13-8-12-21(26(24)30-2)25-20(11-6-7-16-27)22-17-19(14-15-23(22)28-25)31-18-9-4-3-5-10-18/h3-5,8-10,12-15,17,28H,6-7,11,16,27H2,1-2H3. The van der Waals surface area contributed by atoms with E-state index in [2.05, 4.69) is 23.2 Å². The molecular weight excluding hydrogens is 388 g/mol. The van der Waals surface area contributed by atoms with Crippen molar-refractivity contribution < 1.29 is 14.2 Å². The SMILES string of the molecule is COc1cccc(-c2[nH]c3ccc(Oc4ccccc4)cc3c2CCCCN)c1OC. The summed E-state index contributed by atoms with van der Waals surface area (Å²) in [6, 6.07) is 21.9. The van der Waals surface area contributed by atoms with Crippen LogP contribution in [0.1, 0.15) is 18.4 Å². The summed E-state index contributed by atoms with van der Waals surface area (Å²) in [5, 5.41) is 1.14. The molecule has 1 heterocycles. The van der Waals surface area contributed by atoms with Gasteiger partial charge in [-0.1, -0.05) is 24.3 Å². The van der Waals surface area contributed by atoms with Crippen molar-refractivity contribution in [3.8, 4) is 34.3 Å². The second-order valence-electron chi connectivity index (χ2n) is 7.39. The monoisotopic (exact) mass is 416 g/mol. The molecule has 4 aromatic rings. The fourth-order valence-corrected chi connectivity index (χ4v) is 3.93. The number of nitrogens with two attached hydrogens (primary N) is 1. The molecule has 1 aromatic heterocycles. The Morgan fingerprint density at radius 3 is 2.42 bits per heavy atom. The van der Waals surface area contributed by atoms with Crippen molar-refractivity contribution in [2.75, 3.05) is 20.8 Å². The number of rotatable bonds is 9. The average Bonchev–Trinajstić information content (AvgIpc) is 3.17. The molecule has 0 radical (unpaired) electrons. The number of benzene rings is 3. The van der Waals surface area contributed by atoms with Crippen molar-refractivity contribution in [1.29, 1.82) is 0 Å². The van der Waals surface area contributed by atoms with Crippen LogP contribution in [0.5, 0.6) is 23.0 Å². The van der Waals surface area contributed by atoms with Crippen molar-refractivity contribution in [2.45, 2.75) is 19.3 Å². The van der Waals surface area contributed by atoms with Gasteiger partial charge in [-0.25, -0.2) is 0 Å². The third-order valence-electron chi connectivity index (χ3n) is 5.41. The van der Waals surface area contributed by atoms with E-state index >= 15 is 0 Å². The molecular formula is C26H28N2O3. The largest absolute Gasteiger partial charge is 0.493 e. The molecule has 0 amide bonds. The van der Waals surface area contributed by atoms with Gasteiger partial charge in [0.25, 0.3) is 0 Å². The number of hydrogen-bond acceptors (Lipinski definition) is 4. The van der Waals surface area contributed by atoms with Crippen LogP contribution < -0.4 is 19.9 Å². The minimum Gasteiger partial charge on any atom is -0.493 e. The Labute approximate surface area is 182 Å². The van der Waals surface area contributed by atoms with Gasteiger partial charge in [0.1, 0.15) is 11.5 Å². The summed E-state index contributed by atoms with van der Waals surface area (Å²) in [5.41, 5.74) is 10.1. The zero-order valence-electron chi connectivity index (χ0n) is 18.0. The Bertz CT molecular complexity index is 1150. The van der Waals surface area contributed by atoms with Crippen molar-refractivity contribution in [3.05, 3.63) is 72.3 Å². The quantitative estimate of drug-likeness (QED) is 0.332. The van der Waals surface area contributed by atoms with Gasteiger partial charge in [-0.05, 0) is 73.8 Å². The Morgan fingerprint density at radius 1 is 0.839 bits per heavy atom. The number of aryl methyl sites for hydroxylation is 1. The summed E-state index contributed by atoms with van der Waals surface area (Å²) >= 11 is 0. The summed E-state index contributed by atoms with van der Waals surface area (Å²) < 4.78 is 17.3. The average molecular weight is 417 g/mol. The number of unbranched alkanes of at least 4 members (excludes halogenated alkanes) is 1. The van der Waals surface area contributed by atoms with Crippen LogP contribution in [0.3, 0.4) is 0 Å². The molecule has 160 valence electrons.